The van der Waals surface area contributed by atoms with E-state index in [0.29, 0.717) is 31.0 Å². The maximum Gasteiger partial charge on any atom is 0.290 e. The SMILES string of the molecule is CCC[C@]1(C)C(=O)NCCN1C(=O)c1ccc(COc2ccc(F)cc2)o1. The molecule has 7 heteroatoms. The Hall–Kier alpha value is -2.83. The van der Waals surface area contributed by atoms with Crippen molar-refractivity contribution in [2.24, 2.45) is 0 Å². The molecule has 1 aromatic heterocycles. The number of carbonyl (C=O) groups is 2. The predicted molar refractivity (Wildman–Crippen MR) is 96.8 cm³/mol. The van der Waals surface area contributed by atoms with Gasteiger partial charge in [-0.3, -0.25) is 9.59 Å². The zero-order valence-electron chi connectivity index (χ0n) is 15.5. The highest BCUT2D eigenvalue weighted by molar-refractivity contribution is 5.98. The zero-order chi connectivity index (χ0) is 19.4. The second-order valence-corrected chi connectivity index (χ2v) is 6.75. The van der Waals surface area contributed by atoms with Crippen LogP contribution in [0.3, 0.4) is 0 Å². The van der Waals surface area contributed by atoms with Crippen LogP contribution in [0.15, 0.2) is 40.8 Å². The Bertz CT molecular complexity index is 818. The molecule has 2 heterocycles. The first-order valence-electron chi connectivity index (χ1n) is 9.01. The second-order valence-electron chi connectivity index (χ2n) is 6.75. The quantitative estimate of drug-likeness (QED) is 0.843. The first-order chi connectivity index (χ1) is 12.9. The van der Waals surface area contributed by atoms with Gasteiger partial charge in [0.25, 0.3) is 5.91 Å². The number of furan rings is 1. The van der Waals surface area contributed by atoms with E-state index in [9.17, 15) is 14.0 Å². The van der Waals surface area contributed by atoms with Crippen LogP contribution in [0.2, 0.25) is 0 Å². The Morgan fingerprint density at radius 3 is 2.74 bits per heavy atom. The highest BCUT2D eigenvalue weighted by Crippen LogP contribution is 2.27. The van der Waals surface area contributed by atoms with Crippen LogP contribution in [-0.4, -0.2) is 35.3 Å². The number of nitrogens with zero attached hydrogens (tertiary/aromatic N) is 1. The molecule has 1 atom stereocenters. The number of piperazine rings is 1. The summed E-state index contributed by atoms with van der Waals surface area (Å²) in [5.74, 6) is 0.355. The highest BCUT2D eigenvalue weighted by atomic mass is 19.1. The first-order valence-corrected chi connectivity index (χ1v) is 9.01. The number of carbonyl (C=O) groups excluding carboxylic acids is 2. The van der Waals surface area contributed by atoms with Crippen molar-refractivity contribution in [1.29, 1.82) is 0 Å². The molecule has 144 valence electrons. The summed E-state index contributed by atoms with van der Waals surface area (Å²) in [7, 11) is 0. The molecule has 1 aliphatic heterocycles. The molecule has 0 aliphatic carbocycles. The molecule has 0 unspecified atom stereocenters. The summed E-state index contributed by atoms with van der Waals surface area (Å²) in [5.41, 5.74) is -0.887. The van der Waals surface area contributed by atoms with E-state index in [1.54, 1.807) is 24.0 Å². The van der Waals surface area contributed by atoms with Gasteiger partial charge < -0.3 is 19.4 Å². The summed E-state index contributed by atoms with van der Waals surface area (Å²) in [6.45, 7) is 4.73. The number of rotatable bonds is 6. The summed E-state index contributed by atoms with van der Waals surface area (Å²) in [6.07, 6.45) is 1.36. The van der Waals surface area contributed by atoms with E-state index in [2.05, 4.69) is 5.32 Å². The van der Waals surface area contributed by atoms with Crippen LogP contribution in [0, 0.1) is 5.82 Å². The standard InChI is InChI=1S/C20H23FN2O4/c1-3-10-20(2)19(25)22-11-12-23(20)18(24)17-9-8-16(27-17)13-26-15-6-4-14(21)5-7-15/h4-9H,3,10-13H2,1-2H3,(H,22,25)/t20-/m1/s1. The van der Waals surface area contributed by atoms with E-state index in [0.717, 1.165) is 6.42 Å². The minimum Gasteiger partial charge on any atom is -0.486 e. The minimum absolute atomic E-state index is 0.117. The van der Waals surface area contributed by atoms with Crippen molar-refractivity contribution in [3.63, 3.8) is 0 Å². The summed E-state index contributed by atoms with van der Waals surface area (Å²) in [4.78, 5) is 26.9. The summed E-state index contributed by atoms with van der Waals surface area (Å²) in [6, 6.07) is 8.91. The van der Waals surface area contributed by atoms with Gasteiger partial charge in [-0.15, -0.1) is 0 Å². The van der Waals surface area contributed by atoms with Crippen molar-refractivity contribution in [2.45, 2.75) is 38.8 Å². The number of ether oxygens (including phenoxy) is 1. The first kappa shape index (κ1) is 18.9. The number of halogens is 1. The van der Waals surface area contributed by atoms with Gasteiger partial charge in [0.1, 0.15) is 29.5 Å². The van der Waals surface area contributed by atoms with Gasteiger partial charge in [0, 0.05) is 13.1 Å². The molecule has 27 heavy (non-hydrogen) atoms. The van der Waals surface area contributed by atoms with Crippen molar-refractivity contribution >= 4 is 11.8 Å². The molecule has 1 aliphatic rings. The fourth-order valence-corrected chi connectivity index (χ4v) is 3.29. The van der Waals surface area contributed by atoms with Gasteiger partial charge >= 0.3 is 0 Å². The van der Waals surface area contributed by atoms with Crippen LogP contribution in [0.5, 0.6) is 5.75 Å². The molecule has 2 amide bonds. The molecule has 0 spiro atoms. The minimum atomic E-state index is -0.887. The third-order valence-electron chi connectivity index (χ3n) is 4.75. The maximum atomic E-state index is 12.9. The molecule has 0 saturated carbocycles. The number of nitrogens with one attached hydrogen (secondary N) is 1. The van der Waals surface area contributed by atoms with Gasteiger partial charge in [0.2, 0.25) is 5.91 Å². The van der Waals surface area contributed by atoms with Gasteiger partial charge in [-0.25, -0.2) is 4.39 Å². The Morgan fingerprint density at radius 1 is 1.30 bits per heavy atom. The third-order valence-corrected chi connectivity index (χ3v) is 4.75. The fraction of sp³-hybridized carbons (Fsp3) is 0.400. The topological polar surface area (TPSA) is 71.8 Å². The van der Waals surface area contributed by atoms with Crippen LogP contribution in [0.4, 0.5) is 4.39 Å². The predicted octanol–water partition coefficient (Wildman–Crippen LogP) is 3.13. The summed E-state index contributed by atoms with van der Waals surface area (Å²) in [5, 5.41) is 2.83. The lowest BCUT2D eigenvalue weighted by Crippen LogP contribution is -2.64. The van der Waals surface area contributed by atoms with E-state index < -0.39 is 5.54 Å². The number of hydrogen-bond donors (Lipinski definition) is 1. The number of benzene rings is 1. The van der Waals surface area contributed by atoms with Gasteiger partial charge in [0.05, 0.1) is 0 Å². The number of hydrogen-bond acceptors (Lipinski definition) is 4. The largest absolute Gasteiger partial charge is 0.486 e. The molecular weight excluding hydrogens is 351 g/mol. The molecule has 1 fully saturated rings. The maximum absolute atomic E-state index is 12.9. The van der Waals surface area contributed by atoms with Crippen LogP contribution in [0.25, 0.3) is 0 Å². The average molecular weight is 374 g/mol. The second kappa shape index (κ2) is 7.82. The average Bonchev–Trinajstić information content (AvgIpc) is 3.12. The molecule has 1 N–H and O–H groups in total. The Balaban J connectivity index is 1.70. The van der Waals surface area contributed by atoms with Crippen LogP contribution in [0.1, 0.15) is 43.0 Å². The van der Waals surface area contributed by atoms with Crippen molar-refractivity contribution < 1.29 is 23.1 Å². The van der Waals surface area contributed by atoms with Crippen LogP contribution < -0.4 is 10.1 Å². The molecule has 1 aromatic carbocycles. The third kappa shape index (κ3) is 3.97. The molecule has 0 radical (unpaired) electrons. The van der Waals surface area contributed by atoms with Gasteiger partial charge in [-0.2, -0.15) is 0 Å². The van der Waals surface area contributed by atoms with Crippen molar-refractivity contribution in [3.8, 4) is 5.75 Å². The fourth-order valence-electron chi connectivity index (χ4n) is 3.29. The Labute approximate surface area is 157 Å². The molecule has 1 saturated heterocycles. The summed E-state index contributed by atoms with van der Waals surface area (Å²) >= 11 is 0. The van der Waals surface area contributed by atoms with Gasteiger partial charge in [-0.1, -0.05) is 13.3 Å². The normalized spacial score (nSPS) is 19.7. The van der Waals surface area contributed by atoms with E-state index >= 15 is 0 Å². The molecular formula is C20H23FN2O4. The monoisotopic (exact) mass is 374 g/mol. The van der Waals surface area contributed by atoms with Gasteiger partial charge in [0.15, 0.2) is 5.76 Å². The van der Waals surface area contributed by atoms with Crippen molar-refractivity contribution in [1.82, 2.24) is 10.2 Å². The molecule has 2 aromatic rings. The van der Waals surface area contributed by atoms with Crippen LogP contribution in [-0.2, 0) is 11.4 Å². The lowest BCUT2D eigenvalue weighted by atomic mass is 9.90. The van der Waals surface area contributed by atoms with E-state index in [-0.39, 0.29) is 30.0 Å². The molecule has 3 rings (SSSR count). The highest BCUT2D eigenvalue weighted by Gasteiger charge is 2.44. The Kier molecular flexibility index (Phi) is 5.48. The van der Waals surface area contributed by atoms with E-state index in [4.69, 9.17) is 9.15 Å². The molecule has 6 nitrogen and oxygen atoms in total. The zero-order valence-corrected chi connectivity index (χ0v) is 15.5. The lowest BCUT2D eigenvalue weighted by molar-refractivity contribution is -0.134. The smallest absolute Gasteiger partial charge is 0.290 e. The summed E-state index contributed by atoms with van der Waals surface area (Å²) < 4.78 is 24.1. The Morgan fingerprint density at radius 2 is 2.04 bits per heavy atom. The van der Waals surface area contributed by atoms with Crippen molar-refractivity contribution in [3.05, 3.63) is 53.7 Å². The molecule has 0 bridgehead atoms. The number of amides is 2. The van der Waals surface area contributed by atoms with E-state index in [1.807, 2.05) is 6.92 Å². The van der Waals surface area contributed by atoms with E-state index in [1.165, 1.54) is 24.3 Å². The van der Waals surface area contributed by atoms with Crippen molar-refractivity contribution in [2.75, 3.05) is 13.1 Å². The lowest BCUT2D eigenvalue weighted by Gasteiger charge is -2.43. The van der Waals surface area contributed by atoms with Crippen LogP contribution >= 0.6 is 0 Å². The van der Waals surface area contributed by atoms with Gasteiger partial charge in [-0.05, 0) is 49.7 Å².